The first-order valence-corrected chi connectivity index (χ1v) is 14.2. The van der Waals surface area contributed by atoms with Crippen LogP contribution in [-0.4, -0.2) is 5.78 Å². The third-order valence-corrected chi connectivity index (χ3v) is 12.3. The lowest BCUT2D eigenvalue weighted by Gasteiger charge is -2.61. The number of allylic oxidation sites excluding steroid dienone is 4. The van der Waals surface area contributed by atoms with Crippen LogP contribution in [0.15, 0.2) is 23.3 Å². The molecule has 0 amide bonds. The maximum absolute atomic E-state index is 13.6. The Morgan fingerprint density at radius 3 is 2.33 bits per heavy atom. The van der Waals surface area contributed by atoms with Gasteiger partial charge in [-0.05, 0) is 96.4 Å². The van der Waals surface area contributed by atoms with Crippen LogP contribution in [0.4, 0.5) is 0 Å². The first kappa shape index (κ1) is 25.2. The Bertz CT molecular complexity index is 858. The first-order chi connectivity index (χ1) is 15.2. The van der Waals surface area contributed by atoms with Crippen LogP contribution in [0.2, 0.25) is 0 Å². The van der Waals surface area contributed by atoms with E-state index in [1.165, 1.54) is 50.5 Å². The third kappa shape index (κ3) is 3.57. The molecule has 33 heavy (non-hydrogen) atoms. The van der Waals surface area contributed by atoms with Crippen LogP contribution in [0, 0.1) is 57.2 Å². The van der Waals surface area contributed by atoms with E-state index in [1.807, 2.05) is 0 Å². The molecule has 0 aromatic heterocycles. The van der Waals surface area contributed by atoms with Crippen LogP contribution in [0.25, 0.3) is 0 Å². The second-order valence-electron chi connectivity index (χ2n) is 14.6. The summed E-state index contributed by atoms with van der Waals surface area (Å²) in [6, 6.07) is 0. The summed E-state index contributed by atoms with van der Waals surface area (Å²) in [5.74, 6) is 4.30. The predicted octanol–water partition coefficient (Wildman–Crippen LogP) is 9.04. The van der Waals surface area contributed by atoms with E-state index in [0.29, 0.717) is 29.0 Å². The van der Waals surface area contributed by atoms with Gasteiger partial charge in [0.25, 0.3) is 0 Å². The summed E-state index contributed by atoms with van der Waals surface area (Å²) in [6.07, 6.45) is 13.5. The maximum Gasteiger partial charge on any atom is 0.182 e. The van der Waals surface area contributed by atoms with Crippen LogP contribution in [0.3, 0.4) is 0 Å². The quantitative estimate of drug-likeness (QED) is 0.406. The van der Waals surface area contributed by atoms with Crippen molar-refractivity contribution in [2.45, 2.75) is 114 Å². The molecule has 0 aliphatic heterocycles. The Balaban J connectivity index is 1.70. The first-order valence-electron chi connectivity index (χ1n) is 14.2. The molecular formula is C32H52O. The number of carbonyl (C=O) groups is 1. The van der Waals surface area contributed by atoms with Crippen molar-refractivity contribution in [1.82, 2.24) is 0 Å². The molecule has 0 N–H and O–H groups in total. The molecule has 2 saturated carbocycles. The van der Waals surface area contributed by atoms with E-state index >= 15 is 0 Å². The Kier molecular flexibility index (Phi) is 6.19. The molecule has 1 nitrogen and oxygen atoms in total. The lowest BCUT2D eigenvalue weighted by atomic mass is 9.43. The minimum absolute atomic E-state index is 0.0373. The molecule has 0 heterocycles. The summed E-state index contributed by atoms with van der Waals surface area (Å²) in [4.78, 5) is 13.6. The second kappa shape index (κ2) is 8.09. The minimum Gasteiger partial charge on any atom is -0.290 e. The van der Waals surface area contributed by atoms with E-state index in [2.05, 4.69) is 81.4 Å². The summed E-state index contributed by atoms with van der Waals surface area (Å²) in [5.41, 5.74) is 3.50. The highest BCUT2D eigenvalue weighted by Gasteiger charge is 2.65. The van der Waals surface area contributed by atoms with Gasteiger partial charge in [0.1, 0.15) is 0 Å². The monoisotopic (exact) mass is 452 g/mol. The number of carbonyl (C=O) groups excluding carboxylic acids is 1. The Hall–Kier alpha value is -0.850. The van der Waals surface area contributed by atoms with Crippen LogP contribution in [-0.2, 0) is 4.79 Å². The summed E-state index contributed by atoms with van der Waals surface area (Å²) in [7, 11) is 0. The van der Waals surface area contributed by atoms with Crippen LogP contribution in [0.5, 0.6) is 0 Å². The largest absolute Gasteiger partial charge is 0.290 e. The predicted molar refractivity (Wildman–Crippen MR) is 141 cm³/mol. The molecule has 0 aromatic carbocycles. The number of ketones is 1. The fourth-order valence-corrected chi connectivity index (χ4v) is 9.24. The zero-order valence-corrected chi connectivity index (χ0v) is 23.5. The number of fused-ring (bicyclic) bond motifs is 5. The normalized spacial score (nSPS) is 44.0. The molecule has 4 aliphatic carbocycles. The van der Waals surface area contributed by atoms with Gasteiger partial charge in [-0.1, -0.05) is 87.3 Å². The highest BCUT2D eigenvalue weighted by molar-refractivity contribution is 6.07. The van der Waals surface area contributed by atoms with Crippen molar-refractivity contribution in [2.75, 3.05) is 0 Å². The van der Waals surface area contributed by atoms with E-state index in [-0.39, 0.29) is 16.2 Å². The van der Waals surface area contributed by atoms with E-state index in [4.69, 9.17) is 0 Å². The summed E-state index contributed by atoms with van der Waals surface area (Å²) >= 11 is 0. The molecule has 2 fully saturated rings. The third-order valence-electron chi connectivity index (χ3n) is 12.3. The molecule has 1 heteroatoms. The summed E-state index contributed by atoms with van der Waals surface area (Å²) < 4.78 is 0. The van der Waals surface area contributed by atoms with Crippen molar-refractivity contribution in [3.63, 3.8) is 0 Å². The van der Waals surface area contributed by atoms with Gasteiger partial charge in [-0.3, -0.25) is 4.79 Å². The molecule has 0 radical (unpaired) electrons. The fourth-order valence-electron chi connectivity index (χ4n) is 9.24. The van der Waals surface area contributed by atoms with Crippen molar-refractivity contribution in [1.29, 1.82) is 0 Å². The number of hydrogen-bond acceptors (Lipinski definition) is 1. The minimum atomic E-state index is 0.0373. The fraction of sp³-hybridized carbons (Fsp3) is 0.844. The number of hydrogen-bond donors (Lipinski definition) is 0. The molecule has 186 valence electrons. The summed E-state index contributed by atoms with van der Waals surface area (Å²) in [6.45, 7) is 24.7. The van der Waals surface area contributed by atoms with Gasteiger partial charge in [-0.2, -0.15) is 0 Å². The zero-order valence-electron chi connectivity index (χ0n) is 23.5. The second-order valence-corrected chi connectivity index (χ2v) is 14.6. The van der Waals surface area contributed by atoms with Crippen LogP contribution in [0.1, 0.15) is 114 Å². The van der Waals surface area contributed by atoms with E-state index in [9.17, 15) is 4.79 Å². The molecule has 0 aromatic rings. The van der Waals surface area contributed by atoms with E-state index in [0.717, 1.165) is 23.3 Å². The van der Waals surface area contributed by atoms with Gasteiger partial charge in [-0.25, -0.2) is 0 Å². The molecule has 4 rings (SSSR count). The molecule has 8 atom stereocenters. The van der Waals surface area contributed by atoms with Crippen LogP contribution < -0.4 is 0 Å². The topological polar surface area (TPSA) is 17.1 Å². The number of rotatable bonds is 5. The zero-order chi connectivity index (χ0) is 24.6. The Morgan fingerprint density at radius 1 is 1.03 bits per heavy atom. The maximum atomic E-state index is 13.6. The average molecular weight is 453 g/mol. The molecular weight excluding hydrogens is 400 g/mol. The molecule has 0 saturated heterocycles. The van der Waals surface area contributed by atoms with Crippen LogP contribution >= 0.6 is 0 Å². The highest BCUT2D eigenvalue weighted by atomic mass is 16.1. The summed E-state index contributed by atoms with van der Waals surface area (Å²) in [5, 5.41) is 0. The van der Waals surface area contributed by atoms with Crippen molar-refractivity contribution < 1.29 is 4.79 Å². The van der Waals surface area contributed by atoms with E-state index in [1.54, 1.807) is 0 Å². The van der Waals surface area contributed by atoms with Crippen molar-refractivity contribution in [3.05, 3.63) is 23.3 Å². The lowest BCUT2D eigenvalue weighted by Crippen LogP contribution is -2.54. The van der Waals surface area contributed by atoms with Crippen molar-refractivity contribution >= 4 is 5.78 Å². The van der Waals surface area contributed by atoms with Gasteiger partial charge < -0.3 is 0 Å². The molecule has 4 aliphatic rings. The standard InChI is InChI=1S/C32H52O/c1-20(2)11-12-23(5)29(6,7)28-14-16-31(9)25-18-27(33)26-17-21(3)22(4)19-30(26,8)24(25)13-15-32(28,31)10/h17-18,20-24,28H,11-16,19H2,1-10H3/t21-,22+,23-,24?,28-,30-,31+,32-/m1/s1. The highest BCUT2D eigenvalue weighted by Crippen LogP contribution is 2.73. The lowest BCUT2D eigenvalue weighted by molar-refractivity contribution is -0.115. The van der Waals surface area contributed by atoms with Gasteiger partial charge in [0.15, 0.2) is 5.78 Å². The van der Waals surface area contributed by atoms with Gasteiger partial charge in [0.05, 0.1) is 0 Å². The van der Waals surface area contributed by atoms with Crippen molar-refractivity contribution in [2.24, 2.45) is 57.2 Å². The van der Waals surface area contributed by atoms with Gasteiger partial charge in [0, 0.05) is 11.0 Å². The molecule has 0 bridgehead atoms. The Morgan fingerprint density at radius 2 is 1.70 bits per heavy atom. The van der Waals surface area contributed by atoms with Gasteiger partial charge >= 0.3 is 0 Å². The molecule has 1 unspecified atom stereocenters. The Labute approximate surface area is 205 Å². The van der Waals surface area contributed by atoms with Gasteiger partial charge in [0.2, 0.25) is 0 Å². The average Bonchev–Trinajstić information content (AvgIpc) is 3.00. The van der Waals surface area contributed by atoms with Gasteiger partial charge in [-0.15, -0.1) is 0 Å². The SMILES string of the molecule is CC(C)CC[C@@H](C)C(C)(C)[C@H]1CC[C@@]2(C)C3=CC(=O)C4=C[C@@H](C)[C@@H](C)C[C@]4(C)C3CC[C@]12C. The smallest absolute Gasteiger partial charge is 0.182 e. The molecule has 0 spiro atoms. The van der Waals surface area contributed by atoms with Crippen molar-refractivity contribution in [3.8, 4) is 0 Å². The van der Waals surface area contributed by atoms with E-state index < -0.39 is 0 Å².